The summed E-state index contributed by atoms with van der Waals surface area (Å²) in [5, 5.41) is 5.37. The number of halogens is 4. The first kappa shape index (κ1) is 21.3. The summed E-state index contributed by atoms with van der Waals surface area (Å²) >= 11 is 1.46. The van der Waals surface area contributed by atoms with Crippen molar-refractivity contribution in [3.8, 4) is 0 Å². The van der Waals surface area contributed by atoms with Gasteiger partial charge >= 0.3 is 6.03 Å². The molecule has 1 aliphatic rings. The second-order valence-corrected chi connectivity index (χ2v) is 7.96. The molecule has 0 atom stereocenters. The first-order chi connectivity index (χ1) is 14.8. The number of rotatable bonds is 5. The number of carbonyl (C=O) groups is 1. The Bertz CT molecular complexity index is 1080. The molecule has 2 aromatic carbocycles. The number of anilines is 2. The lowest BCUT2D eigenvalue weighted by molar-refractivity contribution is -0.000683. The number of fused-ring (bicyclic) bond motifs is 1. The van der Waals surface area contributed by atoms with Crippen molar-refractivity contribution < 1.29 is 27.1 Å². The summed E-state index contributed by atoms with van der Waals surface area (Å²) in [6, 6.07) is 5.75. The molecule has 31 heavy (non-hydrogen) atoms. The first-order valence-electron chi connectivity index (χ1n) is 9.43. The van der Waals surface area contributed by atoms with Crippen molar-refractivity contribution in [3.05, 3.63) is 53.6 Å². The van der Waals surface area contributed by atoms with E-state index in [9.17, 15) is 22.4 Å². The number of carbonyl (C=O) groups excluding carboxylic acids is 1. The minimum Gasteiger partial charge on any atom is -0.378 e. The van der Waals surface area contributed by atoms with Crippen LogP contribution in [-0.2, 0) is 10.7 Å². The summed E-state index contributed by atoms with van der Waals surface area (Å²) in [7, 11) is 0. The third kappa shape index (κ3) is 5.05. The molecule has 164 valence electrons. The molecule has 0 bridgehead atoms. The molecule has 11 heteroatoms. The van der Waals surface area contributed by atoms with Crippen molar-refractivity contribution in [2.75, 3.05) is 43.1 Å². The number of thiazole rings is 1. The van der Waals surface area contributed by atoms with Crippen molar-refractivity contribution in [1.82, 2.24) is 10.3 Å². The average molecular weight is 454 g/mol. The van der Waals surface area contributed by atoms with E-state index in [1.807, 2.05) is 5.32 Å². The van der Waals surface area contributed by atoms with Crippen molar-refractivity contribution in [2.24, 2.45) is 0 Å². The number of alkyl halides is 2. The van der Waals surface area contributed by atoms with Gasteiger partial charge in [-0.15, -0.1) is 0 Å². The SMILES string of the molecule is O=C(NCC(F)(F)c1cc(F)cc(F)c1)Nc1ccc2nc(N3CCOCC3)sc2c1. The predicted molar refractivity (Wildman–Crippen MR) is 110 cm³/mol. The van der Waals surface area contributed by atoms with Gasteiger partial charge in [-0.3, -0.25) is 0 Å². The van der Waals surface area contributed by atoms with Crippen LogP contribution in [0, 0.1) is 11.6 Å². The van der Waals surface area contributed by atoms with Gasteiger partial charge in [0.2, 0.25) is 0 Å². The lowest BCUT2D eigenvalue weighted by atomic mass is 10.1. The molecule has 6 nitrogen and oxygen atoms in total. The summed E-state index contributed by atoms with van der Waals surface area (Å²) in [5.41, 5.74) is 0.312. The highest BCUT2D eigenvalue weighted by Crippen LogP contribution is 2.31. The van der Waals surface area contributed by atoms with Gasteiger partial charge in [0.1, 0.15) is 11.6 Å². The topological polar surface area (TPSA) is 66.5 Å². The van der Waals surface area contributed by atoms with Gasteiger partial charge in [0.05, 0.1) is 30.0 Å². The Labute approximate surface area is 178 Å². The highest BCUT2D eigenvalue weighted by atomic mass is 32.1. The summed E-state index contributed by atoms with van der Waals surface area (Å²) < 4.78 is 61.0. The maximum atomic E-state index is 14.2. The van der Waals surface area contributed by atoms with E-state index >= 15 is 0 Å². The Hall–Kier alpha value is -2.92. The minimum absolute atomic E-state index is 0.405. The Morgan fingerprint density at radius 2 is 1.84 bits per heavy atom. The van der Waals surface area contributed by atoms with E-state index < -0.39 is 35.7 Å². The number of benzene rings is 2. The highest BCUT2D eigenvalue weighted by molar-refractivity contribution is 7.22. The van der Waals surface area contributed by atoms with Crippen LogP contribution in [-0.4, -0.2) is 43.9 Å². The Kier molecular flexibility index (Phi) is 5.96. The maximum absolute atomic E-state index is 14.2. The summed E-state index contributed by atoms with van der Waals surface area (Å²) in [5.74, 6) is -5.88. The third-order valence-electron chi connectivity index (χ3n) is 4.67. The normalized spacial score (nSPS) is 14.6. The van der Waals surface area contributed by atoms with Crippen molar-refractivity contribution in [1.29, 1.82) is 0 Å². The zero-order valence-corrected chi connectivity index (χ0v) is 16.9. The van der Waals surface area contributed by atoms with Gasteiger partial charge < -0.3 is 20.3 Å². The molecule has 1 aromatic heterocycles. The van der Waals surface area contributed by atoms with Crippen LogP contribution >= 0.6 is 11.3 Å². The number of ether oxygens (including phenoxy) is 1. The fraction of sp³-hybridized carbons (Fsp3) is 0.300. The van der Waals surface area contributed by atoms with Crippen molar-refractivity contribution in [3.63, 3.8) is 0 Å². The quantitative estimate of drug-likeness (QED) is 0.564. The second-order valence-electron chi connectivity index (χ2n) is 6.95. The number of urea groups is 1. The minimum atomic E-state index is -3.64. The predicted octanol–water partition coefficient (Wildman–Crippen LogP) is 4.32. The molecule has 1 saturated heterocycles. The van der Waals surface area contributed by atoms with Crippen LogP contribution in [0.5, 0.6) is 0 Å². The highest BCUT2D eigenvalue weighted by Gasteiger charge is 2.33. The fourth-order valence-electron chi connectivity index (χ4n) is 3.11. The molecule has 2 amide bonds. The monoisotopic (exact) mass is 454 g/mol. The van der Waals surface area contributed by atoms with Gasteiger partial charge in [-0.2, -0.15) is 8.78 Å². The van der Waals surface area contributed by atoms with Crippen LogP contribution in [0.15, 0.2) is 36.4 Å². The molecule has 0 spiro atoms. The lowest BCUT2D eigenvalue weighted by Crippen LogP contribution is -2.37. The largest absolute Gasteiger partial charge is 0.378 e. The number of aromatic nitrogens is 1. The van der Waals surface area contributed by atoms with Gasteiger partial charge in [-0.05, 0) is 30.3 Å². The van der Waals surface area contributed by atoms with E-state index in [4.69, 9.17) is 4.74 Å². The van der Waals surface area contributed by atoms with Crippen LogP contribution in [0.1, 0.15) is 5.56 Å². The number of morpholine rings is 1. The molecule has 1 fully saturated rings. The molecule has 0 aliphatic carbocycles. The number of nitrogens with zero attached hydrogens (tertiary/aromatic N) is 2. The van der Waals surface area contributed by atoms with Gasteiger partial charge in [0.25, 0.3) is 5.92 Å². The molecule has 2 heterocycles. The molecule has 0 radical (unpaired) electrons. The van der Waals surface area contributed by atoms with Crippen molar-refractivity contribution >= 4 is 38.4 Å². The molecule has 3 aromatic rings. The fourth-order valence-corrected chi connectivity index (χ4v) is 4.17. The van der Waals surface area contributed by atoms with E-state index in [1.54, 1.807) is 18.2 Å². The van der Waals surface area contributed by atoms with Crippen LogP contribution in [0.3, 0.4) is 0 Å². The number of hydrogen-bond acceptors (Lipinski definition) is 5. The van der Waals surface area contributed by atoms with Crippen molar-refractivity contribution in [2.45, 2.75) is 5.92 Å². The van der Waals surface area contributed by atoms with E-state index in [1.165, 1.54) is 11.3 Å². The van der Waals surface area contributed by atoms with Gasteiger partial charge in [-0.1, -0.05) is 11.3 Å². The first-order valence-corrected chi connectivity index (χ1v) is 10.2. The molecule has 2 N–H and O–H groups in total. The van der Waals surface area contributed by atoms with E-state index in [0.717, 1.165) is 28.4 Å². The van der Waals surface area contributed by atoms with Crippen LogP contribution in [0.25, 0.3) is 10.2 Å². The Morgan fingerprint density at radius 3 is 2.55 bits per heavy atom. The lowest BCUT2D eigenvalue weighted by Gasteiger charge is -2.25. The van der Waals surface area contributed by atoms with Crippen LogP contribution in [0.4, 0.5) is 33.2 Å². The number of hydrogen-bond donors (Lipinski definition) is 2. The van der Waals surface area contributed by atoms with E-state index in [2.05, 4.69) is 15.2 Å². The smallest absolute Gasteiger partial charge is 0.319 e. The van der Waals surface area contributed by atoms with Gasteiger partial charge in [-0.25, -0.2) is 18.6 Å². The van der Waals surface area contributed by atoms with Crippen LogP contribution < -0.4 is 15.5 Å². The zero-order valence-electron chi connectivity index (χ0n) is 16.1. The van der Waals surface area contributed by atoms with E-state index in [0.29, 0.717) is 37.1 Å². The summed E-state index contributed by atoms with van der Waals surface area (Å²) in [6.07, 6.45) is 0. The zero-order chi connectivity index (χ0) is 22.0. The Balaban J connectivity index is 1.39. The molecular formula is C20H18F4N4O2S. The Morgan fingerprint density at radius 1 is 1.13 bits per heavy atom. The molecule has 4 rings (SSSR count). The molecule has 1 aliphatic heterocycles. The third-order valence-corrected chi connectivity index (χ3v) is 5.75. The standard InChI is InChI=1S/C20H18F4N4O2S/c21-13-7-12(8-14(22)9-13)20(23,24)11-25-18(29)26-15-1-2-16-17(10-15)31-19(27-16)28-3-5-30-6-4-28/h1-2,7-10H,3-6,11H2,(H2,25,26,29). The number of nitrogens with one attached hydrogen (secondary N) is 2. The van der Waals surface area contributed by atoms with Gasteiger partial charge in [0, 0.05) is 30.4 Å². The van der Waals surface area contributed by atoms with E-state index in [-0.39, 0.29) is 0 Å². The molecule has 0 saturated carbocycles. The maximum Gasteiger partial charge on any atom is 0.319 e. The summed E-state index contributed by atoms with van der Waals surface area (Å²) in [4.78, 5) is 18.8. The van der Waals surface area contributed by atoms with Gasteiger partial charge in [0.15, 0.2) is 5.13 Å². The molecule has 0 unspecified atom stereocenters. The second kappa shape index (κ2) is 8.67. The number of amides is 2. The molecular weight excluding hydrogens is 436 g/mol. The average Bonchev–Trinajstić information content (AvgIpc) is 3.16. The summed E-state index contributed by atoms with van der Waals surface area (Å²) in [6.45, 7) is 1.64. The van der Waals surface area contributed by atoms with Crippen LogP contribution in [0.2, 0.25) is 0 Å².